The lowest BCUT2D eigenvalue weighted by molar-refractivity contribution is -0.138. The molecule has 0 radical (unpaired) electrons. The average molecular weight is 306 g/mol. The Morgan fingerprint density at radius 2 is 1.82 bits per heavy atom. The Morgan fingerprint density at radius 1 is 1.18 bits per heavy atom. The zero-order valence-corrected chi connectivity index (χ0v) is 14.6. The zero-order chi connectivity index (χ0) is 16.5. The Balaban J connectivity index is 2.67. The first kappa shape index (κ1) is 18.7. The fourth-order valence-electron chi connectivity index (χ4n) is 2.38. The summed E-state index contributed by atoms with van der Waals surface area (Å²) in [6.45, 7) is 8.36. The molecule has 1 aromatic carbocycles. The molecule has 0 spiro atoms. The Morgan fingerprint density at radius 3 is 2.36 bits per heavy atom. The molecule has 0 bridgehead atoms. The van der Waals surface area contributed by atoms with Gasteiger partial charge < -0.3 is 9.64 Å². The van der Waals surface area contributed by atoms with Gasteiger partial charge in [0.1, 0.15) is 0 Å². The zero-order valence-electron chi connectivity index (χ0n) is 14.6. The summed E-state index contributed by atoms with van der Waals surface area (Å²) in [5.74, 6) is 0.179. The van der Waals surface area contributed by atoms with Gasteiger partial charge in [-0.15, -0.1) is 0 Å². The molecule has 1 amide bonds. The molecule has 0 aliphatic heterocycles. The van der Waals surface area contributed by atoms with Gasteiger partial charge in [0.25, 0.3) is 0 Å². The van der Waals surface area contributed by atoms with E-state index < -0.39 is 0 Å². The highest BCUT2D eigenvalue weighted by Crippen LogP contribution is 2.12. The summed E-state index contributed by atoms with van der Waals surface area (Å²) in [4.78, 5) is 16.9. The van der Waals surface area contributed by atoms with E-state index in [-0.39, 0.29) is 18.0 Å². The molecule has 0 fully saturated rings. The molecule has 1 aromatic rings. The van der Waals surface area contributed by atoms with Gasteiger partial charge in [-0.05, 0) is 39.8 Å². The summed E-state index contributed by atoms with van der Waals surface area (Å²) < 4.78 is 5.08. The highest BCUT2D eigenvalue weighted by Gasteiger charge is 2.25. The lowest BCUT2D eigenvalue weighted by Gasteiger charge is -2.33. The SMILES string of the molecule is COCCCN(C)C(C)C(=O)N(Cc1ccccc1)C(C)C. The Kier molecular flexibility index (Phi) is 8.13. The summed E-state index contributed by atoms with van der Waals surface area (Å²) >= 11 is 0. The monoisotopic (exact) mass is 306 g/mol. The number of benzene rings is 1. The first-order valence-electron chi connectivity index (χ1n) is 8.01. The molecule has 4 heteroatoms. The fraction of sp³-hybridized carbons (Fsp3) is 0.611. The Hall–Kier alpha value is -1.39. The van der Waals surface area contributed by atoms with Crippen molar-refractivity contribution >= 4 is 5.91 Å². The summed E-state index contributed by atoms with van der Waals surface area (Å²) in [6.07, 6.45) is 0.935. The molecule has 1 rings (SSSR count). The van der Waals surface area contributed by atoms with Gasteiger partial charge in [-0.2, -0.15) is 0 Å². The number of ether oxygens (including phenoxy) is 1. The van der Waals surface area contributed by atoms with Crippen molar-refractivity contribution in [1.29, 1.82) is 0 Å². The molecule has 1 atom stereocenters. The van der Waals surface area contributed by atoms with Gasteiger partial charge in [0.15, 0.2) is 0 Å². The Bertz CT molecular complexity index is 434. The maximum Gasteiger partial charge on any atom is 0.240 e. The van der Waals surface area contributed by atoms with Crippen molar-refractivity contribution < 1.29 is 9.53 Å². The van der Waals surface area contributed by atoms with Crippen molar-refractivity contribution in [2.75, 3.05) is 27.3 Å². The van der Waals surface area contributed by atoms with Gasteiger partial charge in [-0.25, -0.2) is 0 Å². The van der Waals surface area contributed by atoms with Crippen LogP contribution in [0.15, 0.2) is 30.3 Å². The second-order valence-electron chi connectivity index (χ2n) is 6.05. The molecule has 22 heavy (non-hydrogen) atoms. The van der Waals surface area contributed by atoms with Crippen LogP contribution < -0.4 is 0 Å². The lowest BCUT2D eigenvalue weighted by atomic mass is 10.1. The van der Waals surface area contributed by atoms with Crippen LogP contribution >= 0.6 is 0 Å². The first-order valence-corrected chi connectivity index (χ1v) is 8.01. The van der Waals surface area contributed by atoms with E-state index in [0.29, 0.717) is 6.54 Å². The number of methoxy groups -OCH3 is 1. The highest BCUT2D eigenvalue weighted by molar-refractivity contribution is 5.81. The van der Waals surface area contributed by atoms with Gasteiger partial charge in [0.05, 0.1) is 6.04 Å². The minimum absolute atomic E-state index is 0.122. The summed E-state index contributed by atoms with van der Waals surface area (Å²) in [5.41, 5.74) is 1.17. The number of hydrogen-bond donors (Lipinski definition) is 0. The summed E-state index contributed by atoms with van der Waals surface area (Å²) in [7, 11) is 3.70. The van der Waals surface area contributed by atoms with Crippen LogP contribution in [-0.2, 0) is 16.1 Å². The van der Waals surface area contributed by atoms with E-state index in [4.69, 9.17) is 4.74 Å². The van der Waals surface area contributed by atoms with Gasteiger partial charge in [-0.1, -0.05) is 30.3 Å². The maximum atomic E-state index is 12.8. The third-order valence-electron chi connectivity index (χ3n) is 3.98. The van der Waals surface area contributed by atoms with E-state index >= 15 is 0 Å². The van der Waals surface area contributed by atoms with Gasteiger partial charge >= 0.3 is 0 Å². The summed E-state index contributed by atoms with van der Waals surface area (Å²) in [6, 6.07) is 10.2. The number of hydrogen-bond acceptors (Lipinski definition) is 3. The topological polar surface area (TPSA) is 32.8 Å². The van der Waals surface area contributed by atoms with E-state index in [1.54, 1.807) is 7.11 Å². The number of rotatable bonds is 9. The number of amides is 1. The number of likely N-dealkylation sites (N-methyl/N-ethyl adjacent to an activating group) is 1. The molecule has 0 aromatic heterocycles. The van der Waals surface area contributed by atoms with Crippen LogP contribution in [0.2, 0.25) is 0 Å². The van der Waals surface area contributed by atoms with Gasteiger partial charge in [0, 0.05) is 32.8 Å². The molecule has 0 heterocycles. The van der Waals surface area contributed by atoms with Crippen LogP contribution in [0.5, 0.6) is 0 Å². The molecule has 0 saturated heterocycles. The minimum atomic E-state index is -0.122. The van der Waals surface area contributed by atoms with Gasteiger partial charge in [0.2, 0.25) is 5.91 Å². The van der Waals surface area contributed by atoms with Crippen molar-refractivity contribution in [3.05, 3.63) is 35.9 Å². The van der Waals surface area contributed by atoms with E-state index in [9.17, 15) is 4.79 Å². The van der Waals surface area contributed by atoms with E-state index in [1.807, 2.05) is 37.1 Å². The van der Waals surface area contributed by atoms with Crippen molar-refractivity contribution in [1.82, 2.24) is 9.80 Å². The number of nitrogens with zero attached hydrogens (tertiary/aromatic N) is 2. The van der Waals surface area contributed by atoms with Crippen LogP contribution in [0.1, 0.15) is 32.8 Å². The smallest absolute Gasteiger partial charge is 0.240 e. The number of carbonyl (C=O) groups excluding carboxylic acids is 1. The molecular weight excluding hydrogens is 276 g/mol. The van der Waals surface area contributed by atoms with Crippen LogP contribution in [0.25, 0.3) is 0 Å². The quantitative estimate of drug-likeness (QED) is 0.658. The van der Waals surface area contributed by atoms with Crippen LogP contribution in [-0.4, -0.2) is 55.1 Å². The largest absolute Gasteiger partial charge is 0.385 e. The van der Waals surface area contributed by atoms with Crippen LogP contribution in [0, 0.1) is 0 Å². The first-order chi connectivity index (χ1) is 10.5. The maximum absolute atomic E-state index is 12.8. The van der Waals surface area contributed by atoms with E-state index in [1.165, 1.54) is 5.56 Å². The predicted molar refractivity (Wildman–Crippen MR) is 90.7 cm³/mol. The lowest BCUT2D eigenvalue weighted by Crippen LogP contribution is -2.48. The fourth-order valence-corrected chi connectivity index (χ4v) is 2.38. The molecule has 0 saturated carbocycles. The molecule has 0 aliphatic rings. The second-order valence-corrected chi connectivity index (χ2v) is 6.05. The predicted octanol–water partition coefficient (Wildman–Crippen LogP) is 2.78. The molecule has 0 aliphatic carbocycles. The molecule has 1 unspecified atom stereocenters. The molecule has 0 N–H and O–H groups in total. The van der Waals surface area contributed by atoms with E-state index in [2.05, 4.69) is 30.9 Å². The van der Waals surface area contributed by atoms with Crippen LogP contribution in [0.4, 0.5) is 0 Å². The molecular formula is C18H30N2O2. The van der Waals surface area contributed by atoms with Crippen molar-refractivity contribution in [2.45, 2.75) is 45.8 Å². The number of carbonyl (C=O) groups is 1. The van der Waals surface area contributed by atoms with Crippen molar-refractivity contribution in [3.63, 3.8) is 0 Å². The van der Waals surface area contributed by atoms with E-state index in [0.717, 1.165) is 19.6 Å². The molecule has 4 nitrogen and oxygen atoms in total. The summed E-state index contributed by atoms with van der Waals surface area (Å²) in [5, 5.41) is 0. The van der Waals surface area contributed by atoms with Crippen molar-refractivity contribution in [2.24, 2.45) is 0 Å². The second kappa shape index (κ2) is 9.59. The third-order valence-corrected chi connectivity index (χ3v) is 3.98. The third kappa shape index (κ3) is 5.78. The highest BCUT2D eigenvalue weighted by atomic mass is 16.5. The minimum Gasteiger partial charge on any atom is -0.385 e. The van der Waals surface area contributed by atoms with Crippen LogP contribution in [0.3, 0.4) is 0 Å². The molecule has 124 valence electrons. The van der Waals surface area contributed by atoms with Crippen molar-refractivity contribution in [3.8, 4) is 0 Å². The standard InChI is InChI=1S/C18H30N2O2/c1-15(2)20(14-17-10-7-6-8-11-17)18(21)16(3)19(4)12-9-13-22-5/h6-8,10-11,15-16H,9,12-14H2,1-5H3. The normalized spacial score (nSPS) is 12.7. The van der Waals surface area contributed by atoms with Gasteiger partial charge in [-0.3, -0.25) is 9.69 Å². The Labute approximate surface area is 135 Å². The average Bonchev–Trinajstić information content (AvgIpc) is 2.52.